The molecule has 0 bridgehead atoms. The molecule has 0 aliphatic carbocycles. The number of aromatic nitrogens is 2. The Morgan fingerprint density at radius 3 is 2.75 bits per heavy atom. The van der Waals surface area contributed by atoms with Crippen LogP contribution in [0, 0.1) is 6.92 Å². The molecule has 0 unspecified atom stereocenters. The van der Waals surface area contributed by atoms with Gasteiger partial charge < -0.3 is 9.84 Å². The van der Waals surface area contributed by atoms with Gasteiger partial charge in [0.1, 0.15) is 11.1 Å². The van der Waals surface area contributed by atoms with Gasteiger partial charge in [0, 0.05) is 12.4 Å². The summed E-state index contributed by atoms with van der Waals surface area (Å²) in [4.78, 5) is 11.0. The molecule has 0 atom stereocenters. The molecule has 2 rings (SSSR count). The zero-order valence-electron chi connectivity index (χ0n) is 9.31. The maximum absolute atomic E-state index is 11.0. The highest BCUT2D eigenvalue weighted by atomic mass is 16.5. The zero-order chi connectivity index (χ0) is 11.9. The van der Waals surface area contributed by atoms with Crippen molar-refractivity contribution in [3.8, 4) is 5.75 Å². The molecule has 1 aromatic heterocycles. The standard InChI is InChI=1S/C11H12N2O3/c1-6-7-4-5-8(11(14)15)10(16-3)9(7)13(2)12-6/h4-5H,1-3H3,(H,14,15). The largest absolute Gasteiger partial charge is 0.494 e. The first-order valence-electron chi connectivity index (χ1n) is 4.80. The summed E-state index contributed by atoms with van der Waals surface area (Å²) < 4.78 is 6.81. The first-order chi connectivity index (χ1) is 7.56. The minimum absolute atomic E-state index is 0.151. The topological polar surface area (TPSA) is 64.3 Å². The van der Waals surface area contributed by atoms with Crippen LogP contribution in [0.4, 0.5) is 0 Å². The van der Waals surface area contributed by atoms with Crippen molar-refractivity contribution in [2.24, 2.45) is 7.05 Å². The Morgan fingerprint density at radius 1 is 1.50 bits per heavy atom. The van der Waals surface area contributed by atoms with Crippen LogP contribution >= 0.6 is 0 Å². The Morgan fingerprint density at radius 2 is 2.19 bits per heavy atom. The number of nitrogens with zero attached hydrogens (tertiary/aromatic N) is 2. The maximum atomic E-state index is 11.0. The van der Waals surface area contributed by atoms with Crippen LogP contribution in [0.1, 0.15) is 16.1 Å². The van der Waals surface area contributed by atoms with Crippen LogP contribution in [-0.4, -0.2) is 28.0 Å². The molecule has 0 amide bonds. The average molecular weight is 220 g/mol. The van der Waals surface area contributed by atoms with Gasteiger partial charge in [-0.2, -0.15) is 5.10 Å². The van der Waals surface area contributed by atoms with Crippen molar-refractivity contribution < 1.29 is 14.6 Å². The minimum Gasteiger partial charge on any atom is -0.494 e. The molecule has 0 radical (unpaired) electrons. The number of ether oxygens (including phenoxy) is 1. The Balaban J connectivity index is 2.90. The number of carboxylic acids is 1. The van der Waals surface area contributed by atoms with Crippen LogP contribution in [0.5, 0.6) is 5.75 Å². The van der Waals surface area contributed by atoms with Gasteiger partial charge in [-0.25, -0.2) is 4.79 Å². The fourth-order valence-corrected chi connectivity index (χ4v) is 1.89. The quantitative estimate of drug-likeness (QED) is 0.834. The van der Waals surface area contributed by atoms with Crippen molar-refractivity contribution in [3.05, 3.63) is 23.4 Å². The Kier molecular flexibility index (Phi) is 2.30. The molecular weight excluding hydrogens is 208 g/mol. The Labute approximate surface area is 92.2 Å². The van der Waals surface area contributed by atoms with Gasteiger partial charge in [-0.1, -0.05) is 0 Å². The van der Waals surface area contributed by atoms with E-state index in [0.717, 1.165) is 11.1 Å². The van der Waals surface area contributed by atoms with E-state index < -0.39 is 5.97 Å². The van der Waals surface area contributed by atoms with Gasteiger partial charge in [0.25, 0.3) is 0 Å². The second-order valence-electron chi connectivity index (χ2n) is 3.56. The normalized spacial score (nSPS) is 10.7. The van der Waals surface area contributed by atoms with Crippen LogP contribution in [0.15, 0.2) is 12.1 Å². The van der Waals surface area contributed by atoms with E-state index in [-0.39, 0.29) is 5.56 Å². The number of aryl methyl sites for hydroxylation is 2. The molecule has 5 nitrogen and oxygen atoms in total. The zero-order valence-corrected chi connectivity index (χ0v) is 9.31. The van der Waals surface area contributed by atoms with E-state index in [4.69, 9.17) is 9.84 Å². The van der Waals surface area contributed by atoms with Crippen LogP contribution in [-0.2, 0) is 7.05 Å². The van der Waals surface area contributed by atoms with Gasteiger partial charge in [0.15, 0.2) is 5.75 Å². The first-order valence-corrected chi connectivity index (χ1v) is 4.80. The SMILES string of the molecule is COc1c(C(=O)O)ccc2c(C)nn(C)c12. The monoisotopic (exact) mass is 220 g/mol. The molecule has 0 aliphatic heterocycles. The molecule has 16 heavy (non-hydrogen) atoms. The number of carbonyl (C=O) groups is 1. The molecule has 0 saturated carbocycles. The number of benzene rings is 1. The molecule has 0 saturated heterocycles. The van der Waals surface area contributed by atoms with Crippen molar-refractivity contribution in [1.82, 2.24) is 9.78 Å². The fourth-order valence-electron chi connectivity index (χ4n) is 1.89. The summed E-state index contributed by atoms with van der Waals surface area (Å²) in [6.45, 7) is 1.88. The molecule has 0 fully saturated rings. The molecule has 0 aliphatic rings. The lowest BCUT2D eigenvalue weighted by molar-refractivity contribution is 0.0693. The van der Waals surface area contributed by atoms with Crippen LogP contribution in [0.3, 0.4) is 0 Å². The predicted octanol–water partition coefficient (Wildman–Crippen LogP) is 1.59. The number of aromatic carboxylic acids is 1. The predicted molar refractivity (Wildman–Crippen MR) is 59.0 cm³/mol. The van der Waals surface area contributed by atoms with Crippen molar-refractivity contribution in [2.45, 2.75) is 6.92 Å². The first kappa shape index (κ1) is 10.5. The van der Waals surface area contributed by atoms with E-state index in [1.54, 1.807) is 17.8 Å². The van der Waals surface area contributed by atoms with Gasteiger partial charge in [-0.15, -0.1) is 0 Å². The summed E-state index contributed by atoms with van der Waals surface area (Å²) in [5.74, 6) is -0.647. The molecule has 5 heteroatoms. The van der Waals surface area contributed by atoms with Gasteiger partial charge >= 0.3 is 5.97 Å². The van der Waals surface area contributed by atoms with Gasteiger partial charge in [-0.05, 0) is 19.1 Å². The fraction of sp³-hybridized carbons (Fsp3) is 0.273. The highest BCUT2D eigenvalue weighted by Crippen LogP contribution is 2.30. The smallest absolute Gasteiger partial charge is 0.339 e. The average Bonchev–Trinajstić information content (AvgIpc) is 2.53. The summed E-state index contributed by atoms with van der Waals surface area (Å²) in [5, 5.41) is 14.2. The molecule has 1 heterocycles. The molecule has 0 spiro atoms. The van der Waals surface area contributed by atoms with Crippen LogP contribution < -0.4 is 4.74 Å². The lowest BCUT2D eigenvalue weighted by atomic mass is 10.1. The summed E-state index contributed by atoms with van der Waals surface area (Å²) in [6, 6.07) is 3.29. The van der Waals surface area contributed by atoms with Gasteiger partial charge in [0.2, 0.25) is 0 Å². The van der Waals surface area contributed by atoms with E-state index in [0.29, 0.717) is 11.3 Å². The van der Waals surface area contributed by atoms with Gasteiger partial charge in [-0.3, -0.25) is 4.68 Å². The third-order valence-electron chi connectivity index (χ3n) is 2.58. The van der Waals surface area contributed by atoms with Crippen molar-refractivity contribution >= 4 is 16.9 Å². The minimum atomic E-state index is -1.00. The van der Waals surface area contributed by atoms with E-state index in [2.05, 4.69) is 5.10 Å². The molecule has 2 aromatic rings. The highest BCUT2D eigenvalue weighted by molar-refractivity contribution is 5.99. The van der Waals surface area contributed by atoms with Gasteiger partial charge in [0.05, 0.1) is 12.8 Å². The Hall–Kier alpha value is -2.04. The third kappa shape index (κ3) is 1.32. The number of methoxy groups -OCH3 is 1. The van der Waals surface area contributed by atoms with Crippen molar-refractivity contribution in [2.75, 3.05) is 7.11 Å². The number of carboxylic acid groups (broad SMARTS) is 1. The highest BCUT2D eigenvalue weighted by Gasteiger charge is 2.18. The summed E-state index contributed by atoms with van der Waals surface area (Å²) in [5.41, 5.74) is 1.71. The second kappa shape index (κ2) is 3.52. The van der Waals surface area contributed by atoms with Crippen molar-refractivity contribution in [1.29, 1.82) is 0 Å². The lowest BCUT2D eigenvalue weighted by Crippen LogP contribution is -2.02. The second-order valence-corrected chi connectivity index (χ2v) is 3.56. The lowest BCUT2D eigenvalue weighted by Gasteiger charge is -2.07. The van der Waals surface area contributed by atoms with E-state index in [1.807, 2.05) is 6.92 Å². The number of rotatable bonds is 2. The molecule has 1 aromatic carbocycles. The number of fused-ring (bicyclic) bond motifs is 1. The number of hydrogen-bond acceptors (Lipinski definition) is 3. The molecular formula is C11H12N2O3. The van der Waals surface area contributed by atoms with E-state index >= 15 is 0 Å². The summed E-state index contributed by atoms with van der Waals surface area (Å²) in [6.07, 6.45) is 0. The van der Waals surface area contributed by atoms with Crippen molar-refractivity contribution in [3.63, 3.8) is 0 Å². The summed E-state index contributed by atoms with van der Waals surface area (Å²) in [7, 11) is 3.23. The van der Waals surface area contributed by atoms with E-state index in [1.165, 1.54) is 13.2 Å². The third-order valence-corrected chi connectivity index (χ3v) is 2.58. The molecule has 1 N–H and O–H groups in total. The number of hydrogen-bond donors (Lipinski definition) is 1. The Bertz CT molecular complexity index is 572. The van der Waals surface area contributed by atoms with Crippen LogP contribution in [0.2, 0.25) is 0 Å². The maximum Gasteiger partial charge on any atom is 0.339 e. The summed E-state index contributed by atoms with van der Waals surface area (Å²) >= 11 is 0. The molecule has 84 valence electrons. The van der Waals surface area contributed by atoms with Crippen LogP contribution in [0.25, 0.3) is 10.9 Å². The van der Waals surface area contributed by atoms with E-state index in [9.17, 15) is 4.79 Å².